The van der Waals surface area contributed by atoms with Gasteiger partial charge in [-0.1, -0.05) is 0 Å². The first-order valence-corrected chi connectivity index (χ1v) is 8.08. The van der Waals surface area contributed by atoms with Crippen molar-refractivity contribution in [3.05, 3.63) is 18.2 Å². The highest BCUT2D eigenvalue weighted by molar-refractivity contribution is 5.74. The maximum Gasteiger partial charge on any atom is 0.317 e. The summed E-state index contributed by atoms with van der Waals surface area (Å²) in [7, 11) is 2.07. The van der Waals surface area contributed by atoms with Crippen LogP contribution in [0.15, 0.2) is 12.4 Å². The molecule has 2 atom stereocenters. The van der Waals surface area contributed by atoms with Crippen molar-refractivity contribution < 1.29 is 9.53 Å². The van der Waals surface area contributed by atoms with Gasteiger partial charge in [0.25, 0.3) is 0 Å². The van der Waals surface area contributed by atoms with Crippen LogP contribution >= 0.6 is 0 Å². The first-order valence-electron chi connectivity index (χ1n) is 8.08. The lowest BCUT2D eigenvalue weighted by atomic mass is 10.1. The molecule has 122 valence electrons. The SMILES string of the molecule is CN1CCN(C(=O)NCC2CCCCO2)CC1c1ncc[nH]1. The summed E-state index contributed by atoms with van der Waals surface area (Å²) in [6, 6.07) is 0.124. The minimum atomic E-state index is -0.00108. The quantitative estimate of drug-likeness (QED) is 0.873. The Morgan fingerprint density at radius 3 is 3.14 bits per heavy atom. The van der Waals surface area contributed by atoms with E-state index < -0.39 is 0 Å². The summed E-state index contributed by atoms with van der Waals surface area (Å²) in [4.78, 5) is 24.0. The lowest BCUT2D eigenvalue weighted by Crippen LogP contribution is -2.53. The van der Waals surface area contributed by atoms with Gasteiger partial charge in [-0.25, -0.2) is 9.78 Å². The van der Waals surface area contributed by atoms with E-state index in [9.17, 15) is 4.79 Å². The van der Waals surface area contributed by atoms with Crippen molar-refractivity contribution >= 4 is 6.03 Å². The number of nitrogens with one attached hydrogen (secondary N) is 2. The fourth-order valence-corrected chi connectivity index (χ4v) is 3.09. The molecule has 0 radical (unpaired) electrons. The van der Waals surface area contributed by atoms with E-state index in [1.54, 1.807) is 6.20 Å². The number of rotatable bonds is 3. The molecule has 0 aliphatic carbocycles. The Balaban J connectivity index is 1.51. The Hall–Kier alpha value is -1.60. The van der Waals surface area contributed by atoms with Crippen LogP contribution in [0.2, 0.25) is 0 Å². The highest BCUT2D eigenvalue weighted by Crippen LogP contribution is 2.21. The smallest absolute Gasteiger partial charge is 0.317 e. The van der Waals surface area contributed by atoms with Crippen molar-refractivity contribution in [1.82, 2.24) is 25.1 Å². The number of H-pyrrole nitrogens is 1. The Kier molecular flexibility index (Phi) is 4.94. The van der Waals surface area contributed by atoms with Gasteiger partial charge in [-0.3, -0.25) is 4.90 Å². The molecular formula is C15H25N5O2. The molecule has 2 aliphatic rings. The number of imidazole rings is 1. The highest BCUT2D eigenvalue weighted by Gasteiger charge is 2.30. The molecular weight excluding hydrogens is 282 g/mol. The zero-order chi connectivity index (χ0) is 15.4. The van der Waals surface area contributed by atoms with Crippen LogP contribution < -0.4 is 5.32 Å². The average Bonchev–Trinajstić information content (AvgIpc) is 3.08. The van der Waals surface area contributed by atoms with Crippen LogP contribution in [0.25, 0.3) is 0 Å². The van der Waals surface area contributed by atoms with E-state index in [0.717, 1.165) is 38.4 Å². The molecule has 3 rings (SSSR count). The average molecular weight is 307 g/mol. The molecule has 1 aromatic rings. The van der Waals surface area contributed by atoms with E-state index in [0.29, 0.717) is 13.1 Å². The van der Waals surface area contributed by atoms with Crippen LogP contribution in [0.5, 0.6) is 0 Å². The van der Waals surface area contributed by atoms with Gasteiger partial charge in [-0.2, -0.15) is 0 Å². The van der Waals surface area contributed by atoms with Crippen molar-refractivity contribution in [3.8, 4) is 0 Å². The number of ether oxygens (including phenoxy) is 1. The predicted molar refractivity (Wildman–Crippen MR) is 82.5 cm³/mol. The van der Waals surface area contributed by atoms with Crippen LogP contribution in [0.3, 0.4) is 0 Å². The van der Waals surface area contributed by atoms with Crippen molar-refractivity contribution in [3.63, 3.8) is 0 Å². The summed E-state index contributed by atoms with van der Waals surface area (Å²) in [5.41, 5.74) is 0. The van der Waals surface area contributed by atoms with E-state index >= 15 is 0 Å². The molecule has 2 unspecified atom stereocenters. The third-order valence-electron chi connectivity index (χ3n) is 4.53. The summed E-state index contributed by atoms with van der Waals surface area (Å²) < 4.78 is 5.66. The minimum absolute atomic E-state index is 0.00108. The molecule has 7 heteroatoms. The molecule has 0 saturated carbocycles. The van der Waals surface area contributed by atoms with Crippen LogP contribution in [0.4, 0.5) is 4.79 Å². The zero-order valence-electron chi connectivity index (χ0n) is 13.1. The van der Waals surface area contributed by atoms with E-state index in [4.69, 9.17) is 4.74 Å². The van der Waals surface area contributed by atoms with Crippen molar-refractivity contribution in [2.24, 2.45) is 0 Å². The second kappa shape index (κ2) is 7.11. The lowest BCUT2D eigenvalue weighted by molar-refractivity contribution is 0.0170. The molecule has 2 N–H and O–H groups in total. The molecule has 1 aromatic heterocycles. The zero-order valence-corrected chi connectivity index (χ0v) is 13.1. The van der Waals surface area contributed by atoms with Gasteiger partial charge in [0.2, 0.25) is 0 Å². The van der Waals surface area contributed by atoms with Crippen molar-refractivity contribution in [2.75, 3.05) is 39.8 Å². The van der Waals surface area contributed by atoms with Crippen LogP contribution in [0, 0.1) is 0 Å². The Morgan fingerprint density at radius 1 is 1.50 bits per heavy atom. The molecule has 3 heterocycles. The number of hydrogen-bond acceptors (Lipinski definition) is 4. The summed E-state index contributed by atoms with van der Waals surface area (Å²) in [5, 5.41) is 3.02. The van der Waals surface area contributed by atoms with Gasteiger partial charge in [-0.15, -0.1) is 0 Å². The molecule has 2 amide bonds. The van der Waals surface area contributed by atoms with Crippen LogP contribution in [-0.4, -0.2) is 71.7 Å². The molecule has 0 aromatic carbocycles. The van der Waals surface area contributed by atoms with E-state index in [2.05, 4.69) is 27.2 Å². The van der Waals surface area contributed by atoms with E-state index in [1.807, 2.05) is 11.1 Å². The molecule has 2 aliphatic heterocycles. The minimum Gasteiger partial charge on any atom is -0.376 e. The number of aromatic amines is 1. The Bertz CT molecular complexity index is 472. The van der Waals surface area contributed by atoms with E-state index in [-0.39, 0.29) is 18.2 Å². The second-order valence-corrected chi connectivity index (χ2v) is 6.09. The number of carbonyl (C=O) groups excluding carboxylic acids is 1. The summed E-state index contributed by atoms with van der Waals surface area (Å²) in [6.07, 6.45) is 7.11. The molecule has 22 heavy (non-hydrogen) atoms. The Morgan fingerprint density at radius 2 is 2.41 bits per heavy atom. The maximum atomic E-state index is 12.4. The molecule has 2 fully saturated rings. The summed E-state index contributed by atoms with van der Waals surface area (Å²) >= 11 is 0. The summed E-state index contributed by atoms with van der Waals surface area (Å²) in [6.45, 7) is 3.66. The van der Waals surface area contributed by atoms with Crippen LogP contribution in [0.1, 0.15) is 31.1 Å². The monoisotopic (exact) mass is 307 g/mol. The number of carbonyl (C=O) groups is 1. The first-order chi connectivity index (χ1) is 10.7. The first kappa shape index (κ1) is 15.3. The topological polar surface area (TPSA) is 73.5 Å². The van der Waals surface area contributed by atoms with Crippen molar-refractivity contribution in [2.45, 2.75) is 31.4 Å². The second-order valence-electron chi connectivity index (χ2n) is 6.09. The number of likely N-dealkylation sites (N-methyl/N-ethyl adjacent to an activating group) is 1. The van der Waals surface area contributed by atoms with Gasteiger partial charge in [-0.05, 0) is 26.3 Å². The van der Waals surface area contributed by atoms with Gasteiger partial charge in [0.05, 0.1) is 12.1 Å². The summed E-state index contributed by atoms with van der Waals surface area (Å²) in [5.74, 6) is 0.913. The van der Waals surface area contributed by atoms with E-state index in [1.165, 1.54) is 6.42 Å². The molecule has 0 spiro atoms. The number of nitrogens with zero attached hydrogens (tertiary/aromatic N) is 3. The normalized spacial score (nSPS) is 26.9. The van der Waals surface area contributed by atoms with Gasteiger partial charge < -0.3 is 19.9 Å². The van der Waals surface area contributed by atoms with Gasteiger partial charge >= 0.3 is 6.03 Å². The number of hydrogen-bond donors (Lipinski definition) is 2. The van der Waals surface area contributed by atoms with Crippen molar-refractivity contribution in [1.29, 1.82) is 0 Å². The predicted octanol–water partition coefficient (Wildman–Crippen LogP) is 0.977. The fraction of sp³-hybridized carbons (Fsp3) is 0.733. The van der Waals surface area contributed by atoms with Gasteiger partial charge in [0.1, 0.15) is 5.82 Å². The van der Waals surface area contributed by atoms with Gasteiger partial charge in [0.15, 0.2) is 0 Å². The van der Waals surface area contributed by atoms with Crippen LogP contribution in [-0.2, 0) is 4.74 Å². The standard InChI is InChI=1S/C15H25N5O2/c1-19-7-8-20(11-13(19)14-16-5-6-17-14)15(21)18-10-12-4-2-3-9-22-12/h5-6,12-13H,2-4,7-11H2,1H3,(H,16,17)(H,18,21). The Labute approximate surface area is 131 Å². The molecule has 7 nitrogen and oxygen atoms in total. The largest absolute Gasteiger partial charge is 0.376 e. The lowest BCUT2D eigenvalue weighted by Gasteiger charge is -2.38. The highest BCUT2D eigenvalue weighted by atomic mass is 16.5. The number of aromatic nitrogens is 2. The number of urea groups is 1. The molecule has 2 saturated heterocycles. The number of amides is 2. The third-order valence-corrected chi connectivity index (χ3v) is 4.53. The van der Waals surface area contributed by atoms with Gasteiger partial charge in [0, 0.05) is 45.2 Å². The molecule has 0 bridgehead atoms. The number of piperazine rings is 1. The third kappa shape index (κ3) is 3.59. The maximum absolute atomic E-state index is 12.4. The fourth-order valence-electron chi connectivity index (χ4n) is 3.09.